The molecule has 0 aliphatic heterocycles. The molecule has 2 aromatic heterocycles. The number of hydrogen-bond acceptors (Lipinski definition) is 7. The summed E-state index contributed by atoms with van der Waals surface area (Å²) in [4.78, 5) is 10.2. The lowest BCUT2D eigenvalue weighted by Gasteiger charge is -2.08. The quantitative estimate of drug-likeness (QED) is 0.307. The maximum absolute atomic E-state index is 10.8. The maximum Gasteiger partial charge on any atom is 0.389 e. The lowest BCUT2D eigenvalue weighted by molar-refractivity contribution is -0.389. The molecule has 0 amide bonds. The Morgan fingerprint density at radius 1 is 1.46 bits per heavy atom. The first kappa shape index (κ1) is 17.5. The van der Waals surface area contributed by atoms with Crippen LogP contribution in [0.3, 0.4) is 0 Å². The predicted molar refractivity (Wildman–Crippen MR) is 96.1 cm³/mol. The number of aromatic amines is 1. The molecule has 0 fully saturated rings. The molecule has 1 aromatic carbocycles. The monoisotopic (exact) mass is 373 g/mol. The number of nitrogens with one attached hydrogen (secondary N) is 1. The van der Waals surface area contributed by atoms with E-state index in [9.17, 15) is 10.1 Å². The Labute approximate surface area is 152 Å². The molecule has 0 saturated carbocycles. The Bertz CT molecular complexity index is 1030. The second-order valence-corrected chi connectivity index (χ2v) is 5.72. The van der Waals surface area contributed by atoms with E-state index in [2.05, 4.69) is 20.4 Å². The number of aromatic nitrogens is 5. The van der Waals surface area contributed by atoms with Crippen LogP contribution in [-0.4, -0.2) is 42.9 Å². The molecule has 0 saturated heterocycles. The average molecular weight is 373 g/mol. The molecule has 0 aliphatic carbocycles. The number of H-pyrrole nitrogens is 1. The van der Waals surface area contributed by atoms with Crippen LogP contribution in [0.25, 0.3) is 0 Å². The van der Waals surface area contributed by atoms with Crippen molar-refractivity contribution in [2.45, 2.75) is 13.5 Å². The summed E-state index contributed by atoms with van der Waals surface area (Å²) >= 11 is 5.11. The zero-order chi connectivity index (χ0) is 18.7. The third-order valence-electron chi connectivity index (χ3n) is 3.58. The average Bonchev–Trinajstić information content (AvgIpc) is 3.21. The Morgan fingerprint density at radius 2 is 2.27 bits per heavy atom. The minimum atomic E-state index is -0.534. The van der Waals surface area contributed by atoms with Gasteiger partial charge in [0, 0.05) is 5.56 Å². The van der Waals surface area contributed by atoms with Crippen LogP contribution in [-0.2, 0) is 6.54 Å². The normalized spacial score (nSPS) is 11.2. The van der Waals surface area contributed by atoms with Gasteiger partial charge in [-0.3, -0.25) is 5.10 Å². The van der Waals surface area contributed by atoms with Crippen LogP contribution in [0.4, 0.5) is 5.82 Å². The van der Waals surface area contributed by atoms with Crippen molar-refractivity contribution < 1.29 is 9.66 Å². The van der Waals surface area contributed by atoms with Crippen molar-refractivity contribution in [2.75, 3.05) is 7.11 Å². The molecule has 134 valence electrons. The van der Waals surface area contributed by atoms with Gasteiger partial charge in [-0.2, -0.15) is 19.6 Å². The van der Waals surface area contributed by atoms with E-state index in [0.717, 1.165) is 11.1 Å². The highest BCUT2D eigenvalue weighted by atomic mass is 32.1. The van der Waals surface area contributed by atoms with Gasteiger partial charge in [-0.25, -0.2) is 0 Å². The lowest BCUT2D eigenvalue weighted by atomic mass is 10.1. The first-order valence-corrected chi connectivity index (χ1v) is 7.92. The summed E-state index contributed by atoms with van der Waals surface area (Å²) in [5, 5.41) is 25.6. The van der Waals surface area contributed by atoms with Crippen molar-refractivity contribution in [2.24, 2.45) is 5.10 Å². The molecule has 0 atom stereocenters. The number of nitro groups is 1. The van der Waals surface area contributed by atoms with Crippen LogP contribution in [0.5, 0.6) is 5.75 Å². The molecule has 0 aliphatic rings. The Balaban J connectivity index is 1.88. The maximum atomic E-state index is 10.8. The van der Waals surface area contributed by atoms with E-state index in [1.807, 2.05) is 12.1 Å². The third-order valence-corrected chi connectivity index (χ3v) is 3.85. The van der Waals surface area contributed by atoms with Gasteiger partial charge in [-0.1, -0.05) is 0 Å². The van der Waals surface area contributed by atoms with Gasteiger partial charge in [0.2, 0.25) is 4.77 Å². The summed E-state index contributed by atoms with van der Waals surface area (Å²) in [5.74, 6) is 1.09. The van der Waals surface area contributed by atoms with Crippen LogP contribution in [0.15, 0.2) is 35.6 Å². The van der Waals surface area contributed by atoms with Gasteiger partial charge in [0.05, 0.1) is 37.2 Å². The number of methoxy groups -OCH3 is 1. The predicted octanol–water partition coefficient (Wildman–Crippen LogP) is 2.29. The van der Waals surface area contributed by atoms with Gasteiger partial charge in [-0.05, 0) is 47.8 Å². The minimum Gasteiger partial charge on any atom is -0.496 e. The second-order valence-electron chi connectivity index (χ2n) is 5.33. The summed E-state index contributed by atoms with van der Waals surface area (Å²) in [6, 6.07) is 6.86. The van der Waals surface area contributed by atoms with Crippen molar-refractivity contribution in [3.63, 3.8) is 0 Å². The third kappa shape index (κ3) is 3.67. The Hall–Kier alpha value is -3.34. The van der Waals surface area contributed by atoms with Crippen molar-refractivity contribution >= 4 is 24.3 Å². The molecule has 11 heteroatoms. The number of hydrogen-bond donors (Lipinski definition) is 1. The molecule has 10 nitrogen and oxygen atoms in total. The molecule has 1 N–H and O–H groups in total. The molecule has 0 spiro atoms. The molecular formula is C15H15N7O3S. The highest BCUT2D eigenvalue weighted by Crippen LogP contribution is 2.21. The summed E-state index contributed by atoms with van der Waals surface area (Å²) in [5.41, 5.74) is 1.62. The van der Waals surface area contributed by atoms with E-state index in [0.29, 0.717) is 22.9 Å². The van der Waals surface area contributed by atoms with E-state index in [-0.39, 0.29) is 5.82 Å². The topological polar surface area (TPSA) is 116 Å². The van der Waals surface area contributed by atoms with Gasteiger partial charge in [0.15, 0.2) is 0 Å². The number of ether oxygens (including phenoxy) is 1. The van der Waals surface area contributed by atoms with Crippen molar-refractivity contribution in [3.8, 4) is 5.75 Å². The molecule has 0 bridgehead atoms. The summed E-state index contributed by atoms with van der Waals surface area (Å²) in [6.45, 7) is 2.11. The number of aryl methyl sites for hydroxylation is 1. The highest BCUT2D eigenvalue weighted by Gasteiger charge is 2.13. The smallest absolute Gasteiger partial charge is 0.389 e. The zero-order valence-corrected chi connectivity index (χ0v) is 14.8. The van der Waals surface area contributed by atoms with Crippen LogP contribution in [0, 0.1) is 21.8 Å². The van der Waals surface area contributed by atoms with Gasteiger partial charge in [0.1, 0.15) is 11.6 Å². The van der Waals surface area contributed by atoms with Crippen LogP contribution in [0.1, 0.15) is 17.0 Å². The fourth-order valence-electron chi connectivity index (χ4n) is 2.34. The minimum absolute atomic E-state index is 0.202. The standard InChI is InChI=1S/C15H15N7O3S/c1-10-17-18-15(26)21(10)16-8-11-3-4-13(25-2)12(7-11)9-20-6-5-14(19-20)22(23)24/h3-8H,9H2,1-2H3,(H,18,26)/b16-8-. The van der Waals surface area contributed by atoms with Gasteiger partial charge in [-0.15, -0.1) is 0 Å². The number of rotatable bonds is 6. The number of nitrogens with zero attached hydrogens (tertiary/aromatic N) is 6. The van der Waals surface area contributed by atoms with Crippen LogP contribution in [0.2, 0.25) is 0 Å². The Kier molecular flexibility index (Phi) is 4.89. The molecule has 2 heterocycles. The van der Waals surface area contributed by atoms with E-state index in [1.54, 1.807) is 32.5 Å². The molecular weight excluding hydrogens is 358 g/mol. The van der Waals surface area contributed by atoms with E-state index in [4.69, 9.17) is 17.0 Å². The fourth-order valence-corrected chi connectivity index (χ4v) is 2.57. The molecule has 3 rings (SSSR count). The summed E-state index contributed by atoms with van der Waals surface area (Å²) in [7, 11) is 1.56. The molecule has 26 heavy (non-hydrogen) atoms. The van der Waals surface area contributed by atoms with E-state index < -0.39 is 4.92 Å². The summed E-state index contributed by atoms with van der Waals surface area (Å²) in [6.07, 6.45) is 3.19. The van der Waals surface area contributed by atoms with Crippen LogP contribution < -0.4 is 4.74 Å². The summed E-state index contributed by atoms with van der Waals surface area (Å²) < 4.78 is 8.75. The fraction of sp³-hybridized carbons (Fsp3) is 0.200. The molecule has 0 radical (unpaired) electrons. The SMILES string of the molecule is COc1ccc(/C=N\n2c(C)n[nH]c2=S)cc1Cn1ccc([N+](=O)[O-])n1. The second kappa shape index (κ2) is 7.27. The van der Waals surface area contributed by atoms with E-state index >= 15 is 0 Å². The van der Waals surface area contributed by atoms with E-state index in [1.165, 1.54) is 15.4 Å². The van der Waals surface area contributed by atoms with Crippen molar-refractivity contribution in [1.29, 1.82) is 0 Å². The molecule has 0 unspecified atom stereocenters. The first-order chi connectivity index (χ1) is 12.5. The zero-order valence-electron chi connectivity index (χ0n) is 14.0. The highest BCUT2D eigenvalue weighted by molar-refractivity contribution is 7.71. The van der Waals surface area contributed by atoms with Gasteiger partial charge in [0.25, 0.3) is 0 Å². The number of benzene rings is 1. The van der Waals surface area contributed by atoms with Gasteiger partial charge < -0.3 is 14.9 Å². The Morgan fingerprint density at radius 3 is 2.88 bits per heavy atom. The van der Waals surface area contributed by atoms with Crippen LogP contribution >= 0.6 is 12.2 Å². The lowest BCUT2D eigenvalue weighted by Crippen LogP contribution is -2.04. The van der Waals surface area contributed by atoms with Crippen molar-refractivity contribution in [1.82, 2.24) is 24.7 Å². The first-order valence-electron chi connectivity index (χ1n) is 7.51. The van der Waals surface area contributed by atoms with Gasteiger partial charge >= 0.3 is 5.82 Å². The largest absolute Gasteiger partial charge is 0.496 e. The molecule has 3 aromatic rings. The van der Waals surface area contributed by atoms with Crippen molar-refractivity contribution in [3.05, 3.63) is 62.3 Å².